The lowest BCUT2D eigenvalue weighted by Gasteiger charge is -2.11. The Balaban J connectivity index is 1.85. The second-order valence-electron chi connectivity index (χ2n) is 6.83. The van der Waals surface area contributed by atoms with Gasteiger partial charge in [0.1, 0.15) is 5.82 Å². The molecular weight excluding hydrogens is 351 g/mol. The molecule has 0 amide bonds. The van der Waals surface area contributed by atoms with Gasteiger partial charge in [-0.2, -0.15) is 18.3 Å². The SMILES string of the molecule is Cc1ccccc1-c1nn(-c2ccc(C(F)(F)F)cc2)c2c1CCCCN2. The van der Waals surface area contributed by atoms with Crippen LogP contribution in [0, 0.1) is 6.92 Å². The van der Waals surface area contributed by atoms with Gasteiger partial charge < -0.3 is 5.32 Å². The van der Waals surface area contributed by atoms with Gasteiger partial charge in [0.15, 0.2) is 0 Å². The van der Waals surface area contributed by atoms with Gasteiger partial charge in [-0.05, 0) is 56.0 Å². The van der Waals surface area contributed by atoms with Gasteiger partial charge in [0.2, 0.25) is 0 Å². The van der Waals surface area contributed by atoms with Gasteiger partial charge in [-0.1, -0.05) is 24.3 Å². The fraction of sp³-hybridized carbons (Fsp3) is 0.286. The molecule has 0 aliphatic carbocycles. The van der Waals surface area contributed by atoms with Crippen molar-refractivity contribution in [2.75, 3.05) is 11.9 Å². The lowest BCUT2D eigenvalue weighted by Crippen LogP contribution is -2.08. The summed E-state index contributed by atoms with van der Waals surface area (Å²) in [5.74, 6) is 0.880. The van der Waals surface area contributed by atoms with Crippen LogP contribution in [0.5, 0.6) is 0 Å². The Kier molecular flexibility index (Phi) is 4.42. The van der Waals surface area contributed by atoms with E-state index in [4.69, 9.17) is 5.10 Å². The maximum Gasteiger partial charge on any atom is 0.416 e. The zero-order valence-electron chi connectivity index (χ0n) is 15.0. The molecule has 2 heterocycles. The average Bonchev–Trinajstić information content (AvgIpc) is 2.83. The van der Waals surface area contributed by atoms with Crippen molar-refractivity contribution < 1.29 is 13.2 Å². The summed E-state index contributed by atoms with van der Waals surface area (Å²) >= 11 is 0. The highest BCUT2D eigenvalue weighted by molar-refractivity contribution is 5.73. The maximum atomic E-state index is 12.9. The van der Waals surface area contributed by atoms with Crippen LogP contribution in [0.4, 0.5) is 19.0 Å². The molecule has 1 aromatic heterocycles. The molecule has 27 heavy (non-hydrogen) atoms. The monoisotopic (exact) mass is 371 g/mol. The third-order valence-corrected chi connectivity index (χ3v) is 4.97. The van der Waals surface area contributed by atoms with Gasteiger partial charge in [-0.3, -0.25) is 0 Å². The van der Waals surface area contributed by atoms with Crippen LogP contribution in [0.25, 0.3) is 16.9 Å². The molecule has 6 heteroatoms. The van der Waals surface area contributed by atoms with Gasteiger partial charge in [0.25, 0.3) is 0 Å². The number of halogens is 3. The summed E-state index contributed by atoms with van der Waals surface area (Å²) in [7, 11) is 0. The first-order valence-electron chi connectivity index (χ1n) is 9.04. The largest absolute Gasteiger partial charge is 0.416 e. The first-order chi connectivity index (χ1) is 12.9. The summed E-state index contributed by atoms with van der Waals surface area (Å²) in [5.41, 5.74) is 4.17. The predicted octanol–water partition coefficient (Wildman–Crippen LogP) is 5.61. The minimum absolute atomic E-state index is 0.619. The summed E-state index contributed by atoms with van der Waals surface area (Å²) in [4.78, 5) is 0. The standard InChI is InChI=1S/C21H20F3N3/c1-14-6-2-3-7-17(14)19-18-8-4-5-13-25-20(18)27(26-19)16-11-9-15(10-12-16)21(22,23)24/h2-3,6-7,9-12,25H,4-5,8,13H2,1H3. The van der Waals surface area contributed by atoms with Crippen molar-refractivity contribution in [2.45, 2.75) is 32.4 Å². The van der Waals surface area contributed by atoms with Crippen molar-refractivity contribution in [3.63, 3.8) is 0 Å². The molecule has 0 saturated carbocycles. The second-order valence-corrected chi connectivity index (χ2v) is 6.83. The Hall–Kier alpha value is -2.76. The van der Waals surface area contributed by atoms with Crippen LogP contribution in [-0.4, -0.2) is 16.3 Å². The molecule has 1 aliphatic rings. The van der Waals surface area contributed by atoms with Gasteiger partial charge in [0.05, 0.1) is 16.9 Å². The molecule has 3 nitrogen and oxygen atoms in total. The van der Waals surface area contributed by atoms with Crippen molar-refractivity contribution >= 4 is 5.82 Å². The van der Waals surface area contributed by atoms with Gasteiger partial charge in [-0.25, -0.2) is 4.68 Å². The fourth-order valence-corrected chi connectivity index (χ4v) is 3.54. The number of anilines is 1. The quantitative estimate of drug-likeness (QED) is 0.634. The van der Waals surface area contributed by atoms with Crippen LogP contribution < -0.4 is 5.32 Å². The molecule has 2 aromatic carbocycles. The molecule has 0 saturated heterocycles. The minimum atomic E-state index is -4.34. The highest BCUT2D eigenvalue weighted by Gasteiger charge is 2.30. The zero-order chi connectivity index (χ0) is 19.0. The van der Waals surface area contributed by atoms with E-state index in [2.05, 4.69) is 5.32 Å². The van der Waals surface area contributed by atoms with Crippen LogP contribution in [-0.2, 0) is 12.6 Å². The topological polar surface area (TPSA) is 29.9 Å². The number of hydrogen-bond acceptors (Lipinski definition) is 2. The summed E-state index contributed by atoms with van der Waals surface area (Å²) in [6.07, 6.45) is -1.34. The number of benzene rings is 2. The van der Waals surface area contributed by atoms with Crippen LogP contribution in [0.1, 0.15) is 29.5 Å². The summed E-state index contributed by atoms with van der Waals surface area (Å²) < 4.78 is 40.4. The molecule has 0 bridgehead atoms. The Morgan fingerprint density at radius 3 is 2.44 bits per heavy atom. The summed E-state index contributed by atoms with van der Waals surface area (Å²) in [5, 5.41) is 8.22. The molecule has 3 aromatic rings. The minimum Gasteiger partial charge on any atom is -0.370 e. The van der Waals surface area contributed by atoms with E-state index in [1.165, 1.54) is 12.1 Å². The molecule has 0 spiro atoms. The molecule has 1 N–H and O–H groups in total. The molecule has 0 unspecified atom stereocenters. The first kappa shape index (κ1) is 17.6. The van der Waals surface area contributed by atoms with Gasteiger partial charge >= 0.3 is 6.18 Å². The lowest BCUT2D eigenvalue weighted by molar-refractivity contribution is -0.137. The molecule has 0 radical (unpaired) electrons. The van der Waals surface area contributed by atoms with E-state index in [1.54, 1.807) is 4.68 Å². The zero-order valence-corrected chi connectivity index (χ0v) is 15.0. The van der Waals surface area contributed by atoms with Crippen LogP contribution in [0.2, 0.25) is 0 Å². The Bertz CT molecular complexity index is 956. The smallest absolute Gasteiger partial charge is 0.370 e. The number of hydrogen-bond donors (Lipinski definition) is 1. The molecule has 1 aliphatic heterocycles. The Labute approximate surface area is 155 Å². The van der Waals surface area contributed by atoms with Crippen molar-refractivity contribution in [3.05, 3.63) is 65.2 Å². The van der Waals surface area contributed by atoms with E-state index < -0.39 is 11.7 Å². The van der Waals surface area contributed by atoms with E-state index in [-0.39, 0.29) is 0 Å². The lowest BCUT2D eigenvalue weighted by atomic mass is 10.00. The molecule has 0 fully saturated rings. The number of aryl methyl sites for hydroxylation is 1. The third kappa shape index (κ3) is 3.31. The van der Waals surface area contributed by atoms with Crippen molar-refractivity contribution in [3.8, 4) is 16.9 Å². The van der Waals surface area contributed by atoms with E-state index >= 15 is 0 Å². The number of nitrogens with one attached hydrogen (secondary N) is 1. The van der Waals surface area contributed by atoms with Crippen LogP contribution in [0.15, 0.2) is 48.5 Å². The molecular formula is C21H20F3N3. The third-order valence-electron chi connectivity index (χ3n) is 4.97. The van der Waals surface area contributed by atoms with Crippen molar-refractivity contribution in [1.82, 2.24) is 9.78 Å². The highest BCUT2D eigenvalue weighted by atomic mass is 19.4. The summed E-state index contributed by atoms with van der Waals surface area (Å²) in [6.45, 7) is 2.87. The van der Waals surface area contributed by atoms with Crippen LogP contribution in [0.3, 0.4) is 0 Å². The van der Waals surface area contributed by atoms with E-state index in [1.807, 2.05) is 31.2 Å². The Morgan fingerprint density at radius 2 is 1.74 bits per heavy atom. The number of aromatic nitrogens is 2. The average molecular weight is 371 g/mol. The second kappa shape index (κ2) is 6.76. The molecule has 4 rings (SSSR count). The van der Waals surface area contributed by atoms with E-state index in [0.29, 0.717) is 5.69 Å². The number of nitrogens with zero attached hydrogens (tertiary/aromatic N) is 2. The maximum absolute atomic E-state index is 12.9. The molecule has 140 valence electrons. The molecule has 0 atom stereocenters. The van der Waals surface area contributed by atoms with Crippen LogP contribution >= 0.6 is 0 Å². The van der Waals surface area contributed by atoms with Gasteiger partial charge in [-0.15, -0.1) is 0 Å². The number of alkyl halides is 3. The number of rotatable bonds is 2. The predicted molar refractivity (Wildman–Crippen MR) is 100 cm³/mol. The first-order valence-corrected chi connectivity index (χ1v) is 9.04. The van der Waals surface area contributed by atoms with E-state index in [0.717, 1.165) is 66.1 Å². The highest BCUT2D eigenvalue weighted by Crippen LogP contribution is 2.36. The number of fused-ring (bicyclic) bond motifs is 1. The van der Waals surface area contributed by atoms with Crippen molar-refractivity contribution in [1.29, 1.82) is 0 Å². The normalized spacial score (nSPS) is 14.4. The fourth-order valence-electron chi connectivity index (χ4n) is 3.54. The summed E-state index contributed by atoms with van der Waals surface area (Å²) in [6, 6.07) is 13.2. The van der Waals surface area contributed by atoms with Gasteiger partial charge in [0, 0.05) is 17.7 Å². The van der Waals surface area contributed by atoms with Crippen molar-refractivity contribution in [2.24, 2.45) is 0 Å². The van der Waals surface area contributed by atoms with E-state index in [9.17, 15) is 13.2 Å². The Morgan fingerprint density at radius 1 is 1.00 bits per heavy atom.